The number of hydrogen-bond donors (Lipinski definition) is 0. The van der Waals surface area contributed by atoms with E-state index in [9.17, 15) is 4.79 Å². The molecule has 0 spiro atoms. The molecule has 0 N–H and O–H groups in total. The second kappa shape index (κ2) is 7.56. The monoisotopic (exact) mass is 304 g/mol. The van der Waals surface area contributed by atoms with Crippen LogP contribution in [0, 0.1) is 5.41 Å². The van der Waals surface area contributed by atoms with Gasteiger partial charge in [0.2, 0.25) is 0 Å². The Morgan fingerprint density at radius 3 is 2.68 bits per heavy atom. The van der Waals surface area contributed by atoms with Crippen LogP contribution < -0.4 is 0 Å². The van der Waals surface area contributed by atoms with E-state index in [0.717, 1.165) is 5.56 Å². The quantitative estimate of drug-likeness (QED) is 0.776. The molecule has 0 saturated heterocycles. The summed E-state index contributed by atoms with van der Waals surface area (Å²) in [5.74, 6) is 0.0869. The molecule has 0 saturated carbocycles. The standard InChI is InChI=1S/C18H24O4/c1-18(2)16(19)9-10-22-17(18)11-15(20-3)13-21-12-14-7-5-4-6-8-14/h4-10,15,17H,11-13H2,1-3H3/t15-,17+/m0/s1. The first-order chi connectivity index (χ1) is 10.5. The molecule has 4 nitrogen and oxygen atoms in total. The zero-order chi connectivity index (χ0) is 16.0. The van der Waals surface area contributed by atoms with Gasteiger partial charge in [0.1, 0.15) is 6.10 Å². The van der Waals surface area contributed by atoms with Crippen LogP contribution in [-0.2, 0) is 25.6 Å². The molecular formula is C18H24O4. The van der Waals surface area contributed by atoms with Crippen molar-refractivity contribution in [2.75, 3.05) is 13.7 Å². The lowest BCUT2D eigenvalue weighted by molar-refractivity contribution is -0.133. The van der Waals surface area contributed by atoms with Crippen molar-refractivity contribution in [1.82, 2.24) is 0 Å². The van der Waals surface area contributed by atoms with E-state index in [2.05, 4.69) is 0 Å². The van der Waals surface area contributed by atoms with Gasteiger partial charge in [0.05, 0.1) is 31.0 Å². The van der Waals surface area contributed by atoms with Gasteiger partial charge in [-0.05, 0) is 19.4 Å². The van der Waals surface area contributed by atoms with Gasteiger partial charge >= 0.3 is 0 Å². The zero-order valence-corrected chi connectivity index (χ0v) is 13.5. The van der Waals surface area contributed by atoms with Crippen LogP contribution in [0.15, 0.2) is 42.7 Å². The second-order valence-corrected chi connectivity index (χ2v) is 6.11. The maximum atomic E-state index is 12.0. The van der Waals surface area contributed by atoms with Crippen LogP contribution >= 0.6 is 0 Å². The summed E-state index contributed by atoms with van der Waals surface area (Å²) in [6, 6.07) is 10.0. The van der Waals surface area contributed by atoms with Crippen LogP contribution in [-0.4, -0.2) is 31.7 Å². The second-order valence-electron chi connectivity index (χ2n) is 6.11. The molecule has 2 atom stereocenters. The fourth-order valence-corrected chi connectivity index (χ4v) is 2.44. The van der Waals surface area contributed by atoms with Crippen molar-refractivity contribution in [2.45, 2.75) is 39.1 Å². The van der Waals surface area contributed by atoms with E-state index in [-0.39, 0.29) is 18.0 Å². The van der Waals surface area contributed by atoms with E-state index in [1.807, 2.05) is 44.2 Å². The third kappa shape index (κ3) is 4.18. The molecule has 0 amide bonds. The van der Waals surface area contributed by atoms with Crippen molar-refractivity contribution in [3.8, 4) is 0 Å². The summed E-state index contributed by atoms with van der Waals surface area (Å²) in [5.41, 5.74) is 0.593. The summed E-state index contributed by atoms with van der Waals surface area (Å²) in [6.07, 6.45) is 3.29. The number of allylic oxidation sites excluding steroid dienone is 1. The van der Waals surface area contributed by atoms with Gasteiger partial charge in [-0.1, -0.05) is 30.3 Å². The van der Waals surface area contributed by atoms with Crippen LogP contribution in [0.3, 0.4) is 0 Å². The third-order valence-electron chi connectivity index (χ3n) is 4.13. The number of methoxy groups -OCH3 is 1. The lowest BCUT2D eigenvalue weighted by atomic mass is 9.78. The Balaban J connectivity index is 1.84. The first-order valence-corrected chi connectivity index (χ1v) is 7.55. The van der Waals surface area contributed by atoms with Crippen molar-refractivity contribution < 1.29 is 19.0 Å². The fraction of sp³-hybridized carbons (Fsp3) is 0.500. The predicted octanol–water partition coefficient (Wildman–Crippen LogP) is 3.12. The van der Waals surface area contributed by atoms with Crippen LogP contribution in [0.25, 0.3) is 0 Å². The molecule has 1 heterocycles. The van der Waals surface area contributed by atoms with Crippen molar-refractivity contribution in [3.05, 3.63) is 48.2 Å². The Bertz CT molecular complexity index is 507. The van der Waals surface area contributed by atoms with Crippen LogP contribution in [0.5, 0.6) is 0 Å². The van der Waals surface area contributed by atoms with Crippen LogP contribution in [0.2, 0.25) is 0 Å². The number of benzene rings is 1. The largest absolute Gasteiger partial charge is 0.497 e. The number of carbonyl (C=O) groups is 1. The van der Waals surface area contributed by atoms with Crippen LogP contribution in [0.4, 0.5) is 0 Å². The summed E-state index contributed by atoms with van der Waals surface area (Å²) in [5, 5.41) is 0. The summed E-state index contributed by atoms with van der Waals surface area (Å²) in [6.45, 7) is 4.83. The molecule has 1 aromatic rings. The van der Waals surface area contributed by atoms with Gasteiger partial charge in [-0.25, -0.2) is 0 Å². The van der Waals surface area contributed by atoms with E-state index >= 15 is 0 Å². The number of ether oxygens (including phenoxy) is 3. The topological polar surface area (TPSA) is 44.8 Å². The summed E-state index contributed by atoms with van der Waals surface area (Å²) in [7, 11) is 1.66. The Labute approximate surface area is 132 Å². The number of rotatable bonds is 7. The van der Waals surface area contributed by atoms with Gasteiger partial charge in [-0.3, -0.25) is 4.79 Å². The van der Waals surface area contributed by atoms with Crippen molar-refractivity contribution >= 4 is 5.78 Å². The van der Waals surface area contributed by atoms with Crippen molar-refractivity contribution in [1.29, 1.82) is 0 Å². The Kier molecular flexibility index (Phi) is 5.75. The normalized spacial score (nSPS) is 21.4. The molecule has 0 aliphatic carbocycles. The molecule has 1 aromatic carbocycles. The highest BCUT2D eigenvalue weighted by atomic mass is 16.5. The summed E-state index contributed by atoms with van der Waals surface area (Å²) >= 11 is 0. The van der Waals surface area contributed by atoms with E-state index in [0.29, 0.717) is 19.6 Å². The van der Waals surface area contributed by atoms with Crippen LogP contribution in [0.1, 0.15) is 25.8 Å². The Hall–Kier alpha value is -1.65. The maximum Gasteiger partial charge on any atom is 0.168 e. The van der Waals surface area contributed by atoms with Crippen molar-refractivity contribution in [3.63, 3.8) is 0 Å². The molecule has 0 unspecified atom stereocenters. The number of ketones is 1. The first-order valence-electron chi connectivity index (χ1n) is 7.55. The number of carbonyl (C=O) groups excluding carboxylic acids is 1. The first kappa shape index (κ1) is 16.7. The smallest absolute Gasteiger partial charge is 0.168 e. The van der Waals surface area contributed by atoms with Crippen molar-refractivity contribution in [2.24, 2.45) is 5.41 Å². The third-order valence-corrected chi connectivity index (χ3v) is 4.13. The molecule has 0 radical (unpaired) electrons. The molecule has 1 aliphatic rings. The fourth-order valence-electron chi connectivity index (χ4n) is 2.44. The lowest BCUT2D eigenvalue weighted by Gasteiger charge is -2.35. The molecule has 22 heavy (non-hydrogen) atoms. The highest BCUT2D eigenvalue weighted by molar-refractivity contribution is 5.95. The average Bonchev–Trinajstić information content (AvgIpc) is 2.52. The van der Waals surface area contributed by atoms with E-state index in [4.69, 9.17) is 14.2 Å². The maximum absolute atomic E-state index is 12.0. The predicted molar refractivity (Wildman–Crippen MR) is 84.3 cm³/mol. The highest BCUT2D eigenvalue weighted by Gasteiger charge is 2.40. The summed E-state index contributed by atoms with van der Waals surface area (Å²) in [4.78, 5) is 12.0. The van der Waals surface area contributed by atoms with Gasteiger partial charge in [0.25, 0.3) is 0 Å². The molecule has 2 rings (SSSR count). The molecule has 0 aromatic heterocycles. The van der Waals surface area contributed by atoms with E-state index < -0.39 is 5.41 Å². The van der Waals surface area contributed by atoms with Gasteiger partial charge in [-0.15, -0.1) is 0 Å². The van der Waals surface area contributed by atoms with Gasteiger partial charge in [0, 0.05) is 19.6 Å². The molecule has 0 fully saturated rings. The zero-order valence-electron chi connectivity index (χ0n) is 13.5. The average molecular weight is 304 g/mol. The van der Waals surface area contributed by atoms with Gasteiger partial charge in [0.15, 0.2) is 5.78 Å². The summed E-state index contributed by atoms with van der Waals surface area (Å²) < 4.78 is 16.8. The Morgan fingerprint density at radius 1 is 1.27 bits per heavy atom. The SMILES string of the molecule is CO[C@H](COCc1ccccc1)C[C@H]1OC=CC(=O)C1(C)C. The van der Waals surface area contributed by atoms with E-state index in [1.165, 1.54) is 12.3 Å². The van der Waals surface area contributed by atoms with Gasteiger partial charge in [-0.2, -0.15) is 0 Å². The molecular weight excluding hydrogens is 280 g/mol. The molecule has 120 valence electrons. The molecule has 1 aliphatic heterocycles. The minimum Gasteiger partial charge on any atom is -0.497 e. The number of hydrogen-bond acceptors (Lipinski definition) is 4. The minimum atomic E-state index is -0.537. The molecule has 4 heteroatoms. The highest BCUT2D eigenvalue weighted by Crippen LogP contribution is 2.32. The minimum absolute atomic E-state index is 0.0869. The van der Waals surface area contributed by atoms with Gasteiger partial charge < -0.3 is 14.2 Å². The molecule has 0 bridgehead atoms. The Morgan fingerprint density at radius 2 is 2.00 bits per heavy atom. The van der Waals surface area contributed by atoms with E-state index in [1.54, 1.807) is 7.11 Å². The lowest BCUT2D eigenvalue weighted by Crippen LogP contribution is -2.42.